The summed E-state index contributed by atoms with van der Waals surface area (Å²) < 4.78 is 17.6. The minimum absolute atomic E-state index is 0.0845. The number of nitrogens with one attached hydrogen (secondary N) is 1. The Labute approximate surface area is 148 Å². The number of carbonyl (C=O) groups is 1. The maximum atomic E-state index is 11.1. The molecule has 0 aromatic heterocycles. The van der Waals surface area contributed by atoms with E-state index in [0.717, 1.165) is 32.8 Å². The average molecular weight is 390 g/mol. The van der Waals surface area contributed by atoms with E-state index in [0.29, 0.717) is 13.2 Å². The fourth-order valence-electron chi connectivity index (χ4n) is 3.10. The van der Waals surface area contributed by atoms with Crippen molar-refractivity contribution in [3.63, 3.8) is 0 Å². The maximum absolute atomic E-state index is 11.1. The number of para-hydroxylation sites is 1. The zero-order valence-corrected chi connectivity index (χ0v) is 14.6. The van der Waals surface area contributed by atoms with Gasteiger partial charge in [-0.25, -0.2) is 0 Å². The summed E-state index contributed by atoms with van der Waals surface area (Å²) in [6.45, 7) is 2.34. The largest absolute Gasteiger partial charge is 0.490 e. The smallest absolute Gasteiger partial charge is 0.303 e. The molecule has 0 spiro atoms. The van der Waals surface area contributed by atoms with Crippen molar-refractivity contribution in [2.24, 2.45) is 0 Å². The number of benzene rings is 2. The molecule has 0 saturated carbocycles. The summed E-state index contributed by atoms with van der Waals surface area (Å²) >= 11 is 3.51. The maximum Gasteiger partial charge on any atom is 0.303 e. The molecule has 24 heavy (non-hydrogen) atoms. The number of ether oxygens (including phenoxy) is 3. The Hall–Kier alpha value is -2.21. The zero-order valence-electron chi connectivity index (χ0n) is 13.0. The van der Waals surface area contributed by atoms with E-state index in [1.165, 1.54) is 6.92 Å². The van der Waals surface area contributed by atoms with Crippen LogP contribution in [0.3, 0.4) is 0 Å². The normalized spacial score (nSPS) is 20.6. The van der Waals surface area contributed by atoms with Gasteiger partial charge in [-0.15, -0.1) is 0 Å². The highest BCUT2D eigenvalue weighted by molar-refractivity contribution is 9.10. The predicted molar refractivity (Wildman–Crippen MR) is 92.4 cm³/mol. The van der Waals surface area contributed by atoms with Crippen molar-refractivity contribution in [3.8, 4) is 11.5 Å². The third-order valence-electron chi connectivity index (χ3n) is 4.17. The van der Waals surface area contributed by atoms with Crippen LogP contribution in [-0.2, 0) is 9.53 Å². The van der Waals surface area contributed by atoms with Gasteiger partial charge in [-0.3, -0.25) is 4.79 Å². The lowest BCUT2D eigenvalue weighted by Gasteiger charge is -2.14. The second-order valence-corrected chi connectivity index (χ2v) is 6.68. The molecule has 6 heteroatoms. The Bertz CT molecular complexity index is 808. The van der Waals surface area contributed by atoms with E-state index < -0.39 is 0 Å². The molecule has 0 aliphatic carbocycles. The molecule has 0 saturated heterocycles. The van der Waals surface area contributed by atoms with Crippen LogP contribution in [0, 0.1) is 0 Å². The number of rotatable bonds is 3. The van der Waals surface area contributed by atoms with Gasteiger partial charge in [0.1, 0.15) is 24.7 Å². The molecule has 2 heterocycles. The average Bonchev–Trinajstić information content (AvgIpc) is 3.13. The summed E-state index contributed by atoms with van der Waals surface area (Å²) in [7, 11) is 0. The van der Waals surface area contributed by atoms with Crippen molar-refractivity contribution < 1.29 is 19.0 Å². The second-order valence-electron chi connectivity index (χ2n) is 5.83. The zero-order chi connectivity index (χ0) is 16.7. The summed E-state index contributed by atoms with van der Waals surface area (Å²) in [5, 5.41) is 3.48. The Kier molecular flexibility index (Phi) is 3.84. The molecule has 2 aromatic rings. The minimum atomic E-state index is -0.321. The van der Waals surface area contributed by atoms with Gasteiger partial charge in [0.15, 0.2) is 6.10 Å². The third kappa shape index (κ3) is 2.71. The number of halogens is 1. The lowest BCUT2D eigenvalue weighted by molar-refractivity contribution is -0.147. The Morgan fingerprint density at radius 3 is 2.92 bits per heavy atom. The predicted octanol–water partition coefficient (Wildman–Crippen LogP) is 3.99. The topological polar surface area (TPSA) is 56.8 Å². The lowest BCUT2D eigenvalue weighted by Crippen LogP contribution is -2.12. The van der Waals surface area contributed by atoms with Gasteiger partial charge in [-0.2, -0.15) is 0 Å². The van der Waals surface area contributed by atoms with Crippen LogP contribution in [0.25, 0.3) is 0 Å². The van der Waals surface area contributed by atoms with Crippen LogP contribution in [-0.4, -0.2) is 19.2 Å². The van der Waals surface area contributed by atoms with Crippen LogP contribution in [0.5, 0.6) is 11.5 Å². The van der Waals surface area contributed by atoms with E-state index in [9.17, 15) is 4.79 Å². The first-order valence-electron chi connectivity index (χ1n) is 7.73. The molecule has 124 valence electrons. The summed E-state index contributed by atoms with van der Waals surface area (Å²) in [4.78, 5) is 11.1. The molecular weight excluding hydrogens is 374 g/mol. The van der Waals surface area contributed by atoms with Gasteiger partial charge in [-0.05, 0) is 34.1 Å². The highest BCUT2D eigenvalue weighted by Gasteiger charge is 2.29. The van der Waals surface area contributed by atoms with Crippen molar-refractivity contribution in [2.75, 3.05) is 18.5 Å². The molecule has 0 unspecified atom stereocenters. The highest BCUT2D eigenvalue weighted by Crippen LogP contribution is 2.41. The number of anilines is 1. The molecule has 0 bridgehead atoms. The van der Waals surface area contributed by atoms with Crippen LogP contribution < -0.4 is 14.8 Å². The fraction of sp³-hybridized carbons (Fsp3) is 0.278. The van der Waals surface area contributed by atoms with Gasteiger partial charge in [0.2, 0.25) is 0 Å². The SMILES string of the molecule is CC(=O)O[C@@H]1COc2cc(N[C@@H]3COc4c(Br)cccc43)ccc21. The molecule has 2 aliphatic heterocycles. The first-order valence-corrected chi connectivity index (χ1v) is 8.53. The summed E-state index contributed by atoms with van der Waals surface area (Å²) in [6.07, 6.45) is -0.321. The monoisotopic (exact) mass is 389 g/mol. The molecule has 5 nitrogen and oxygen atoms in total. The highest BCUT2D eigenvalue weighted by atomic mass is 79.9. The number of carbonyl (C=O) groups excluding carboxylic acids is 1. The van der Waals surface area contributed by atoms with Gasteiger partial charge in [-0.1, -0.05) is 12.1 Å². The van der Waals surface area contributed by atoms with Crippen molar-refractivity contribution in [2.45, 2.75) is 19.1 Å². The molecular formula is C18H16BrNO4. The van der Waals surface area contributed by atoms with E-state index in [4.69, 9.17) is 14.2 Å². The van der Waals surface area contributed by atoms with Gasteiger partial charge in [0, 0.05) is 29.8 Å². The van der Waals surface area contributed by atoms with Crippen molar-refractivity contribution in [1.29, 1.82) is 0 Å². The van der Waals surface area contributed by atoms with E-state index in [-0.39, 0.29) is 18.1 Å². The summed E-state index contributed by atoms with van der Waals surface area (Å²) in [5.41, 5.74) is 2.98. The lowest BCUT2D eigenvalue weighted by atomic mass is 10.1. The van der Waals surface area contributed by atoms with Gasteiger partial charge in [0.05, 0.1) is 10.5 Å². The molecule has 4 rings (SSSR count). The molecule has 0 amide bonds. The van der Waals surface area contributed by atoms with Gasteiger partial charge < -0.3 is 19.5 Å². The minimum Gasteiger partial charge on any atom is -0.490 e. The summed E-state index contributed by atoms with van der Waals surface area (Å²) in [6, 6.07) is 12.0. The molecule has 2 aliphatic rings. The second kappa shape index (κ2) is 6.02. The standard InChI is InChI=1S/C18H16BrNO4/c1-10(21)24-17-9-22-16-7-11(5-6-13(16)17)20-15-8-23-18-12(15)3-2-4-14(18)19/h2-7,15,17,20H,8-9H2,1H3/t15-,17-/m1/s1. The van der Waals surface area contributed by atoms with E-state index in [2.05, 4.69) is 27.3 Å². The van der Waals surface area contributed by atoms with Gasteiger partial charge in [0.25, 0.3) is 0 Å². The molecule has 1 N–H and O–H groups in total. The number of fused-ring (bicyclic) bond motifs is 2. The van der Waals surface area contributed by atoms with Crippen LogP contribution in [0.15, 0.2) is 40.9 Å². The molecule has 0 radical (unpaired) electrons. The van der Waals surface area contributed by atoms with Crippen molar-refractivity contribution in [1.82, 2.24) is 0 Å². The van der Waals surface area contributed by atoms with E-state index in [1.54, 1.807) is 0 Å². The van der Waals surface area contributed by atoms with Crippen LogP contribution in [0.2, 0.25) is 0 Å². The van der Waals surface area contributed by atoms with E-state index in [1.807, 2.05) is 30.3 Å². The molecule has 2 atom stereocenters. The third-order valence-corrected chi connectivity index (χ3v) is 4.79. The van der Waals surface area contributed by atoms with Gasteiger partial charge >= 0.3 is 5.97 Å². The Morgan fingerprint density at radius 2 is 2.08 bits per heavy atom. The van der Waals surface area contributed by atoms with Crippen LogP contribution >= 0.6 is 15.9 Å². The fourth-order valence-corrected chi connectivity index (χ4v) is 3.59. The Morgan fingerprint density at radius 1 is 1.21 bits per heavy atom. The van der Waals surface area contributed by atoms with Crippen LogP contribution in [0.4, 0.5) is 5.69 Å². The first kappa shape index (κ1) is 15.3. The number of esters is 1. The first-order chi connectivity index (χ1) is 11.6. The van der Waals surface area contributed by atoms with Crippen molar-refractivity contribution >= 4 is 27.6 Å². The van der Waals surface area contributed by atoms with Crippen molar-refractivity contribution in [3.05, 3.63) is 52.0 Å². The number of hydrogen-bond donors (Lipinski definition) is 1. The van der Waals surface area contributed by atoms with Crippen LogP contribution in [0.1, 0.15) is 30.2 Å². The van der Waals surface area contributed by atoms with E-state index >= 15 is 0 Å². The molecule has 2 aromatic carbocycles. The Balaban J connectivity index is 1.54. The molecule has 0 fully saturated rings. The summed E-state index contributed by atoms with van der Waals surface area (Å²) in [5.74, 6) is 1.34. The quantitative estimate of drug-likeness (QED) is 0.804. The number of hydrogen-bond acceptors (Lipinski definition) is 5.